The van der Waals surface area contributed by atoms with Crippen molar-refractivity contribution in [2.24, 2.45) is 7.05 Å². The maximum atomic E-state index is 13.9. The quantitative estimate of drug-likeness (QED) is 0.307. The summed E-state index contributed by atoms with van der Waals surface area (Å²) in [6.45, 7) is 1.83. The zero-order valence-corrected chi connectivity index (χ0v) is 21.1. The molecule has 5 rings (SSSR count). The lowest BCUT2D eigenvalue weighted by Crippen LogP contribution is -2.26. The lowest BCUT2D eigenvalue weighted by atomic mass is 10.0. The molecule has 2 amide bonds. The monoisotopic (exact) mass is 522 g/mol. The number of carbonyl (C=O) groups is 1. The summed E-state index contributed by atoms with van der Waals surface area (Å²) < 4.78 is 43.3. The zero-order valence-electron chi connectivity index (χ0n) is 21.1. The zero-order chi connectivity index (χ0) is 26.7. The Morgan fingerprint density at radius 2 is 1.74 bits per heavy atom. The summed E-state index contributed by atoms with van der Waals surface area (Å²) in [5.74, 6) is 0.278. The number of hydrogen-bond acceptors (Lipinski definition) is 4. The first-order valence-electron chi connectivity index (χ1n) is 12.6. The van der Waals surface area contributed by atoms with Crippen LogP contribution in [0.4, 0.5) is 29.5 Å². The smallest absolute Gasteiger partial charge is 0.308 e. The third-order valence-corrected chi connectivity index (χ3v) is 6.82. The number of hydrogen-bond donors (Lipinski definition) is 2. The van der Waals surface area contributed by atoms with Crippen LogP contribution in [0.1, 0.15) is 36.8 Å². The molecule has 1 aliphatic heterocycles. The normalized spacial score (nSPS) is 14.8. The van der Waals surface area contributed by atoms with Gasteiger partial charge >= 0.3 is 12.2 Å². The SMILES string of the molecule is Cn1nc(NC(=O)Nc2ccc(CN3CCCCCC3)c(C(F)(F)F)c2)cc1-c1ccc2ccncc2c1. The second-order valence-corrected chi connectivity index (χ2v) is 9.62. The topological polar surface area (TPSA) is 75.1 Å². The average molecular weight is 523 g/mol. The highest BCUT2D eigenvalue weighted by atomic mass is 19.4. The van der Waals surface area contributed by atoms with Gasteiger partial charge in [-0.2, -0.15) is 18.3 Å². The van der Waals surface area contributed by atoms with Crippen LogP contribution in [0.2, 0.25) is 0 Å². The maximum absolute atomic E-state index is 13.9. The van der Waals surface area contributed by atoms with Crippen molar-refractivity contribution in [1.29, 1.82) is 0 Å². The number of alkyl halides is 3. The summed E-state index contributed by atoms with van der Waals surface area (Å²) in [4.78, 5) is 18.9. The van der Waals surface area contributed by atoms with Crippen LogP contribution in [0.25, 0.3) is 22.0 Å². The molecule has 2 aromatic carbocycles. The summed E-state index contributed by atoms with van der Waals surface area (Å²) >= 11 is 0. The highest BCUT2D eigenvalue weighted by molar-refractivity contribution is 5.99. The standard InChI is InChI=1S/C28H29F3N6O/c1-36-25(20-7-6-19-10-11-32-17-22(19)14-20)16-26(35-36)34-27(38)33-23-9-8-21(24(15-23)28(29,30)31)18-37-12-4-2-3-5-13-37/h6-11,14-17H,2-5,12-13,18H2,1H3,(H2,33,34,35,38). The Kier molecular flexibility index (Phi) is 7.33. The van der Waals surface area contributed by atoms with E-state index in [0.29, 0.717) is 0 Å². The van der Waals surface area contributed by atoms with Gasteiger partial charge < -0.3 is 5.32 Å². The number of rotatable bonds is 5. The number of pyridine rings is 1. The van der Waals surface area contributed by atoms with Crippen molar-refractivity contribution in [1.82, 2.24) is 19.7 Å². The first kappa shape index (κ1) is 25.7. The number of carbonyl (C=O) groups excluding carboxylic acids is 1. The van der Waals surface area contributed by atoms with Crippen molar-refractivity contribution in [2.45, 2.75) is 38.4 Å². The van der Waals surface area contributed by atoms with Crippen molar-refractivity contribution in [3.63, 3.8) is 0 Å². The molecular weight excluding hydrogens is 493 g/mol. The van der Waals surface area contributed by atoms with Gasteiger partial charge in [-0.25, -0.2) is 4.79 Å². The van der Waals surface area contributed by atoms with E-state index < -0.39 is 17.8 Å². The fourth-order valence-corrected chi connectivity index (χ4v) is 4.91. The molecule has 0 spiro atoms. The van der Waals surface area contributed by atoms with E-state index in [0.717, 1.165) is 66.9 Å². The molecular formula is C28H29F3N6O. The number of fused-ring (bicyclic) bond motifs is 1. The molecule has 1 aliphatic rings. The number of nitrogens with zero attached hydrogens (tertiary/aromatic N) is 4. The molecule has 3 heterocycles. The van der Waals surface area contributed by atoms with Crippen LogP contribution in [0.5, 0.6) is 0 Å². The number of amides is 2. The summed E-state index contributed by atoms with van der Waals surface area (Å²) in [6, 6.07) is 12.8. The van der Waals surface area contributed by atoms with Gasteiger partial charge in [0.1, 0.15) is 0 Å². The minimum atomic E-state index is -4.53. The van der Waals surface area contributed by atoms with Crippen LogP contribution in [-0.2, 0) is 19.8 Å². The highest BCUT2D eigenvalue weighted by Crippen LogP contribution is 2.35. The third-order valence-electron chi connectivity index (χ3n) is 6.82. The molecule has 0 atom stereocenters. The number of aryl methyl sites for hydroxylation is 1. The molecule has 38 heavy (non-hydrogen) atoms. The fourth-order valence-electron chi connectivity index (χ4n) is 4.91. The molecule has 2 N–H and O–H groups in total. The number of halogens is 3. The predicted octanol–water partition coefficient (Wildman–Crippen LogP) is 6.67. The van der Waals surface area contributed by atoms with E-state index in [1.165, 1.54) is 12.1 Å². The largest absolute Gasteiger partial charge is 0.416 e. The highest BCUT2D eigenvalue weighted by Gasteiger charge is 2.34. The van der Waals surface area contributed by atoms with Gasteiger partial charge in [-0.3, -0.25) is 19.9 Å². The average Bonchev–Trinajstić information content (AvgIpc) is 3.06. The van der Waals surface area contributed by atoms with Gasteiger partial charge in [0.15, 0.2) is 5.82 Å². The first-order chi connectivity index (χ1) is 18.3. The molecule has 0 bridgehead atoms. The van der Waals surface area contributed by atoms with E-state index in [-0.39, 0.29) is 23.6 Å². The van der Waals surface area contributed by atoms with Gasteiger partial charge in [0, 0.05) is 48.7 Å². The van der Waals surface area contributed by atoms with E-state index in [2.05, 4.69) is 25.6 Å². The first-order valence-corrected chi connectivity index (χ1v) is 12.6. The molecule has 0 aliphatic carbocycles. The Morgan fingerprint density at radius 3 is 2.50 bits per heavy atom. The van der Waals surface area contributed by atoms with Crippen LogP contribution < -0.4 is 10.6 Å². The minimum absolute atomic E-state index is 0.0626. The number of urea groups is 1. The number of anilines is 2. The lowest BCUT2D eigenvalue weighted by molar-refractivity contribution is -0.138. The van der Waals surface area contributed by atoms with Crippen LogP contribution in [0, 0.1) is 0 Å². The number of aromatic nitrogens is 3. The Labute approximate surface area is 218 Å². The minimum Gasteiger partial charge on any atom is -0.308 e. The van der Waals surface area contributed by atoms with Gasteiger partial charge in [0.2, 0.25) is 0 Å². The van der Waals surface area contributed by atoms with Crippen LogP contribution in [0.15, 0.2) is 60.9 Å². The molecule has 0 unspecified atom stereocenters. The second-order valence-electron chi connectivity index (χ2n) is 9.62. The Morgan fingerprint density at radius 1 is 0.947 bits per heavy atom. The number of likely N-dealkylation sites (tertiary alicyclic amines) is 1. The Hall–Kier alpha value is -3.92. The molecule has 4 aromatic rings. The van der Waals surface area contributed by atoms with E-state index >= 15 is 0 Å². The molecule has 0 radical (unpaired) electrons. The lowest BCUT2D eigenvalue weighted by Gasteiger charge is -2.23. The molecule has 1 fully saturated rings. The van der Waals surface area contributed by atoms with Gasteiger partial charge in [0.05, 0.1) is 11.3 Å². The van der Waals surface area contributed by atoms with Gasteiger partial charge in [-0.05, 0) is 61.1 Å². The maximum Gasteiger partial charge on any atom is 0.416 e. The third kappa shape index (κ3) is 5.96. The fraction of sp³-hybridized carbons (Fsp3) is 0.321. The number of nitrogens with one attached hydrogen (secondary N) is 2. The van der Waals surface area contributed by atoms with Crippen LogP contribution in [-0.4, -0.2) is 38.8 Å². The summed E-state index contributed by atoms with van der Waals surface area (Å²) in [7, 11) is 1.75. The summed E-state index contributed by atoms with van der Waals surface area (Å²) in [5.41, 5.74) is 1.20. The van der Waals surface area contributed by atoms with E-state index in [4.69, 9.17) is 0 Å². The van der Waals surface area contributed by atoms with Gasteiger partial charge in [-0.15, -0.1) is 0 Å². The molecule has 0 saturated carbocycles. The summed E-state index contributed by atoms with van der Waals surface area (Å²) in [6.07, 6.45) is 3.18. The van der Waals surface area contributed by atoms with Gasteiger partial charge in [0.25, 0.3) is 0 Å². The van der Waals surface area contributed by atoms with Gasteiger partial charge in [-0.1, -0.05) is 31.0 Å². The van der Waals surface area contributed by atoms with Crippen molar-refractivity contribution in [3.05, 3.63) is 72.1 Å². The predicted molar refractivity (Wildman–Crippen MR) is 142 cm³/mol. The number of benzene rings is 2. The van der Waals surface area contributed by atoms with Crippen LogP contribution in [0.3, 0.4) is 0 Å². The van der Waals surface area contributed by atoms with E-state index in [1.54, 1.807) is 30.2 Å². The molecule has 2 aromatic heterocycles. The van der Waals surface area contributed by atoms with Crippen molar-refractivity contribution in [2.75, 3.05) is 23.7 Å². The second kappa shape index (κ2) is 10.8. The molecule has 7 nitrogen and oxygen atoms in total. The van der Waals surface area contributed by atoms with E-state index in [1.807, 2.05) is 24.3 Å². The molecule has 10 heteroatoms. The van der Waals surface area contributed by atoms with Crippen molar-refractivity contribution in [3.8, 4) is 11.3 Å². The Balaban J connectivity index is 1.29. The summed E-state index contributed by atoms with van der Waals surface area (Å²) in [5, 5.41) is 11.5. The van der Waals surface area contributed by atoms with Crippen molar-refractivity contribution < 1.29 is 18.0 Å². The van der Waals surface area contributed by atoms with Crippen LogP contribution >= 0.6 is 0 Å². The molecule has 198 valence electrons. The van der Waals surface area contributed by atoms with E-state index in [9.17, 15) is 18.0 Å². The Bertz CT molecular complexity index is 1440. The van der Waals surface area contributed by atoms with Crippen molar-refractivity contribution >= 4 is 28.3 Å². The molecule has 1 saturated heterocycles.